The highest BCUT2D eigenvalue weighted by molar-refractivity contribution is 6.31. The lowest BCUT2D eigenvalue weighted by atomic mass is 9.73. The van der Waals surface area contributed by atoms with E-state index < -0.39 is 18.2 Å². The van der Waals surface area contributed by atoms with E-state index >= 15 is 0 Å². The largest absolute Gasteiger partial charge is 0.484 e. The lowest BCUT2D eigenvalue weighted by Crippen LogP contribution is -2.53. The lowest BCUT2D eigenvalue weighted by molar-refractivity contribution is -0.131. The maximum absolute atomic E-state index is 12.8. The molecule has 1 spiro atoms. The number of carbonyl (C=O) groups excluding carboxylic acids is 1. The van der Waals surface area contributed by atoms with Crippen molar-refractivity contribution in [3.05, 3.63) is 46.2 Å². The smallest absolute Gasteiger partial charge is 0.249 e. The number of rotatable bonds is 11. The molecule has 40 heavy (non-hydrogen) atoms. The lowest BCUT2D eigenvalue weighted by Gasteiger charge is -2.48. The SMILES string of the molecule is CO[C@H](C)C(=O)N[C@@H](Cc1ccc2c(c1)OCO2)[C@H](O)CN[C@H]1CC2(CCC2)Oc2c1cc(CC(C)C)nc2Cl. The molecule has 3 heterocycles. The Bertz CT molecular complexity index is 1220. The van der Waals surface area contributed by atoms with E-state index in [1.165, 1.54) is 7.11 Å². The standard InChI is InChI=1S/C30H40ClN3O6/c1-17(2)10-20-13-21-23(14-30(8-5-9-30)40-27(21)28(31)33-20)32-15-24(35)22(34-29(36)18(3)37-4)11-19-6-7-25-26(12-19)39-16-38-25/h6-7,12-13,17-18,22-24,32,35H,5,8-11,14-16H2,1-4H3,(H,34,36)/t18-,22+,23+,24-/m1/s1. The number of ether oxygens (including phenoxy) is 4. The zero-order valence-corrected chi connectivity index (χ0v) is 24.4. The quantitative estimate of drug-likeness (QED) is 0.344. The van der Waals surface area contributed by atoms with Crippen molar-refractivity contribution in [2.75, 3.05) is 20.4 Å². The first-order valence-electron chi connectivity index (χ1n) is 14.2. The number of nitrogens with one attached hydrogen (secondary N) is 2. The van der Waals surface area contributed by atoms with Crippen molar-refractivity contribution in [2.45, 2.75) is 89.2 Å². The van der Waals surface area contributed by atoms with E-state index in [1.807, 2.05) is 18.2 Å². The van der Waals surface area contributed by atoms with Crippen LogP contribution in [-0.4, -0.2) is 60.3 Å². The Kier molecular flexibility index (Phi) is 8.75. The van der Waals surface area contributed by atoms with Gasteiger partial charge in [-0.3, -0.25) is 4.79 Å². The Morgan fingerprint density at radius 2 is 1.98 bits per heavy atom. The molecule has 0 saturated heterocycles. The number of fused-ring (bicyclic) bond motifs is 2. The first kappa shape index (κ1) is 28.9. The Morgan fingerprint density at radius 1 is 1.20 bits per heavy atom. The fourth-order valence-corrected chi connectivity index (χ4v) is 5.93. The van der Waals surface area contributed by atoms with Gasteiger partial charge in [-0.2, -0.15) is 0 Å². The van der Waals surface area contributed by atoms with Gasteiger partial charge in [0.15, 0.2) is 22.4 Å². The number of nitrogens with zero attached hydrogens (tertiary/aromatic N) is 1. The van der Waals surface area contributed by atoms with Crippen molar-refractivity contribution >= 4 is 17.5 Å². The molecule has 0 bridgehead atoms. The van der Waals surface area contributed by atoms with E-state index in [1.54, 1.807) is 6.92 Å². The normalized spacial score (nSPS) is 20.8. The highest BCUT2D eigenvalue weighted by Gasteiger charge is 2.46. The summed E-state index contributed by atoms with van der Waals surface area (Å²) >= 11 is 6.66. The topological polar surface area (TPSA) is 111 Å². The molecule has 218 valence electrons. The van der Waals surface area contributed by atoms with E-state index in [-0.39, 0.29) is 30.9 Å². The maximum atomic E-state index is 12.8. The van der Waals surface area contributed by atoms with Crippen LogP contribution in [0.1, 0.15) is 69.3 Å². The van der Waals surface area contributed by atoms with Gasteiger partial charge in [0.05, 0.1) is 12.1 Å². The average molecular weight is 574 g/mol. The molecule has 2 aliphatic heterocycles. The molecule has 1 amide bonds. The van der Waals surface area contributed by atoms with Crippen LogP contribution in [0.25, 0.3) is 0 Å². The van der Waals surface area contributed by atoms with Gasteiger partial charge in [0.1, 0.15) is 11.7 Å². The molecule has 3 N–H and O–H groups in total. The second-order valence-electron chi connectivity index (χ2n) is 11.7. The van der Waals surface area contributed by atoms with E-state index in [0.29, 0.717) is 34.7 Å². The summed E-state index contributed by atoms with van der Waals surface area (Å²) in [5.74, 6) is 2.15. The minimum atomic E-state index is -0.880. The van der Waals surface area contributed by atoms with Crippen LogP contribution in [0.4, 0.5) is 0 Å². The van der Waals surface area contributed by atoms with Gasteiger partial charge in [-0.15, -0.1) is 0 Å². The molecular weight excluding hydrogens is 534 g/mol. The zero-order chi connectivity index (χ0) is 28.4. The van der Waals surface area contributed by atoms with Gasteiger partial charge in [0.25, 0.3) is 0 Å². The van der Waals surface area contributed by atoms with Crippen molar-refractivity contribution in [2.24, 2.45) is 5.92 Å². The number of hydrogen-bond acceptors (Lipinski definition) is 8. The fourth-order valence-electron chi connectivity index (χ4n) is 5.67. The summed E-state index contributed by atoms with van der Waals surface area (Å²) in [4.78, 5) is 17.4. The van der Waals surface area contributed by atoms with Gasteiger partial charge >= 0.3 is 0 Å². The third-order valence-corrected chi connectivity index (χ3v) is 8.40. The van der Waals surface area contributed by atoms with Crippen molar-refractivity contribution in [3.8, 4) is 17.2 Å². The first-order chi connectivity index (χ1) is 19.2. The molecule has 1 aromatic carbocycles. The van der Waals surface area contributed by atoms with Crippen LogP contribution in [0.5, 0.6) is 17.2 Å². The Balaban J connectivity index is 1.35. The predicted octanol–water partition coefficient (Wildman–Crippen LogP) is 4.12. The van der Waals surface area contributed by atoms with Gasteiger partial charge in [0, 0.05) is 37.4 Å². The van der Waals surface area contributed by atoms with E-state index in [4.69, 9.17) is 30.5 Å². The van der Waals surface area contributed by atoms with Crippen molar-refractivity contribution in [1.29, 1.82) is 0 Å². The highest BCUT2D eigenvalue weighted by Crippen LogP contribution is 2.50. The van der Waals surface area contributed by atoms with Gasteiger partial charge in [-0.25, -0.2) is 4.98 Å². The predicted molar refractivity (Wildman–Crippen MR) is 151 cm³/mol. The molecular formula is C30H40ClN3O6. The maximum Gasteiger partial charge on any atom is 0.249 e. The van der Waals surface area contributed by atoms with Crippen molar-refractivity contribution in [3.63, 3.8) is 0 Å². The first-order valence-corrected chi connectivity index (χ1v) is 14.6. The molecule has 10 heteroatoms. The number of amides is 1. The molecule has 0 radical (unpaired) electrons. The van der Waals surface area contributed by atoms with Crippen LogP contribution < -0.4 is 24.8 Å². The van der Waals surface area contributed by atoms with Gasteiger partial charge in [-0.1, -0.05) is 31.5 Å². The number of pyridine rings is 1. The van der Waals surface area contributed by atoms with Crippen LogP contribution in [-0.2, 0) is 22.4 Å². The Hall–Kier alpha value is -2.59. The molecule has 2 aromatic rings. The molecule has 4 atom stereocenters. The van der Waals surface area contributed by atoms with Crippen molar-refractivity contribution in [1.82, 2.24) is 15.6 Å². The van der Waals surface area contributed by atoms with Gasteiger partial charge in [-0.05, 0) is 68.7 Å². The molecule has 0 unspecified atom stereocenters. The fraction of sp³-hybridized carbons (Fsp3) is 0.600. The number of aliphatic hydroxyl groups is 1. The van der Waals surface area contributed by atoms with Crippen LogP contribution in [0.2, 0.25) is 5.15 Å². The average Bonchev–Trinajstić information content (AvgIpc) is 3.37. The van der Waals surface area contributed by atoms with Crippen molar-refractivity contribution < 1.29 is 28.8 Å². The number of aromatic nitrogens is 1. The monoisotopic (exact) mass is 573 g/mol. The summed E-state index contributed by atoms with van der Waals surface area (Å²) in [6, 6.07) is 7.12. The minimum Gasteiger partial charge on any atom is -0.484 e. The molecule has 1 fully saturated rings. The number of aliphatic hydroxyl groups excluding tert-OH is 1. The number of halogens is 1. The van der Waals surface area contributed by atoms with Gasteiger partial charge in [0.2, 0.25) is 12.7 Å². The number of carbonyl (C=O) groups is 1. The molecule has 3 aliphatic rings. The van der Waals surface area contributed by atoms with E-state index in [2.05, 4.69) is 35.5 Å². The number of hydrogen-bond donors (Lipinski definition) is 3. The van der Waals surface area contributed by atoms with E-state index in [0.717, 1.165) is 48.9 Å². The summed E-state index contributed by atoms with van der Waals surface area (Å²) in [7, 11) is 1.49. The van der Waals surface area contributed by atoms with Crippen LogP contribution in [0, 0.1) is 5.92 Å². The van der Waals surface area contributed by atoms with Crippen LogP contribution in [0.15, 0.2) is 24.3 Å². The summed E-state index contributed by atoms with van der Waals surface area (Å²) in [5.41, 5.74) is 2.57. The summed E-state index contributed by atoms with van der Waals surface area (Å²) in [5, 5.41) is 18.4. The molecule has 1 aliphatic carbocycles. The Labute approximate surface area is 240 Å². The molecule has 1 aromatic heterocycles. The second-order valence-corrected chi connectivity index (χ2v) is 12.0. The van der Waals surface area contributed by atoms with Crippen LogP contribution in [0.3, 0.4) is 0 Å². The summed E-state index contributed by atoms with van der Waals surface area (Å²) in [6.45, 7) is 6.43. The van der Waals surface area contributed by atoms with Gasteiger partial charge < -0.3 is 34.7 Å². The molecule has 1 saturated carbocycles. The summed E-state index contributed by atoms with van der Waals surface area (Å²) < 4.78 is 22.6. The Morgan fingerprint density at radius 3 is 2.67 bits per heavy atom. The summed E-state index contributed by atoms with van der Waals surface area (Å²) in [6.07, 6.45) is 3.53. The molecule has 5 rings (SSSR count). The second kappa shape index (κ2) is 12.1. The minimum absolute atomic E-state index is 0.0649. The molecule has 9 nitrogen and oxygen atoms in total. The zero-order valence-electron chi connectivity index (χ0n) is 23.7. The highest BCUT2D eigenvalue weighted by atomic mass is 35.5. The van der Waals surface area contributed by atoms with E-state index in [9.17, 15) is 9.90 Å². The third kappa shape index (κ3) is 6.33. The number of methoxy groups -OCH3 is 1. The number of benzene rings is 1. The van der Waals surface area contributed by atoms with Crippen LogP contribution >= 0.6 is 11.6 Å². The third-order valence-electron chi connectivity index (χ3n) is 8.15.